The van der Waals surface area contributed by atoms with Gasteiger partial charge in [-0.2, -0.15) is 13.2 Å². The fraction of sp³-hybridized carbons (Fsp3) is 0.607. The van der Waals surface area contributed by atoms with Crippen molar-refractivity contribution in [2.24, 2.45) is 23.2 Å². The minimum absolute atomic E-state index is 0.00740. The Kier molecular flexibility index (Phi) is 7.00. The number of hydrogen-bond donors (Lipinski definition) is 1. The Labute approximate surface area is 230 Å². The Hall–Kier alpha value is -2.43. The highest BCUT2D eigenvalue weighted by Gasteiger charge is 2.52. The van der Waals surface area contributed by atoms with Crippen LogP contribution < -0.4 is 10.4 Å². The molecule has 1 amide bonds. The number of piperazine rings is 1. The summed E-state index contributed by atoms with van der Waals surface area (Å²) in [5.74, 6) is -1.49. The van der Waals surface area contributed by atoms with Gasteiger partial charge in [0.2, 0.25) is 0 Å². The number of carbonyl (C=O) groups excluding carboxylic acids is 2. The second-order valence-corrected chi connectivity index (χ2v) is 12.4. The summed E-state index contributed by atoms with van der Waals surface area (Å²) in [5, 5.41) is 4.16. The molecule has 0 atom stereocenters. The van der Waals surface area contributed by atoms with E-state index in [-0.39, 0.29) is 22.5 Å². The normalized spacial score (nSPS) is 28.6. The van der Waals surface area contributed by atoms with Crippen LogP contribution in [0.4, 0.5) is 18.9 Å². The Morgan fingerprint density at radius 3 is 2.31 bits per heavy atom. The van der Waals surface area contributed by atoms with Gasteiger partial charge < -0.3 is 10.2 Å². The van der Waals surface area contributed by atoms with E-state index in [1.54, 1.807) is 18.2 Å². The first kappa shape index (κ1) is 26.8. The van der Waals surface area contributed by atoms with Crippen LogP contribution in [-0.2, 0) is 21.0 Å². The Balaban J connectivity index is 1.33. The zero-order valence-electron chi connectivity index (χ0n) is 21.6. The monoisotopic (exact) mass is 564 g/mol. The number of carbonyl (C=O) groups is 2. The molecule has 0 spiro atoms. The van der Waals surface area contributed by atoms with Crippen LogP contribution in [0.15, 0.2) is 24.3 Å². The van der Waals surface area contributed by atoms with Crippen molar-refractivity contribution >= 4 is 40.1 Å². The van der Waals surface area contributed by atoms with E-state index in [2.05, 4.69) is 10.2 Å². The van der Waals surface area contributed by atoms with E-state index in [9.17, 15) is 22.8 Å². The molecule has 4 bridgehead atoms. The zero-order valence-corrected chi connectivity index (χ0v) is 22.4. The van der Waals surface area contributed by atoms with Crippen LogP contribution in [0.25, 0.3) is 10.9 Å². The highest BCUT2D eigenvalue weighted by atomic mass is 35.5. The SMILES string of the molecule is O=C(CC12CC3CC(CC(C3)C1)C2)N(OC(=O)C(F)(F)F)c1c(Cl)ccc2nc(CN3CCNCC3)ccc12. The van der Waals surface area contributed by atoms with E-state index in [4.69, 9.17) is 21.4 Å². The van der Waals surface area contributed by atoms with E-state index in [0.717, 1.165) is 70.4 Å². The number of halogens is 4. The third-order valence-electron chi connectivity index (χ3n) is 8.97. The molecule has 1 aromatic heterocycles. The van der Waals surface area contributed by atoms with Crippen LogP contribution in [0, 0.1) is 23.2 Å². The van der Waals surface area contributed by atoms with Gasteiger partial charge >= 0.3 is 12.1 Å². The number of nitrogens with one attached hydrogen (secondary N) is 1. The lowest BCUT2D eigenvalue weighted by molar-refractivity contribution is -0.202. The third-order valence-corrected chi connectivity index (χ3v) is 9.28. The highest BCUT2D eigenvalue weighted by molar-refractivity contribution is 6.35. The lowest BCUT2D eigenvalue weighted by atomic mass is 9.49. The quantitative estimate of drug-likeness (QED) is 0.500. The number of benzene rings is 1. The van der Waals surface area contributed by atoms with Gasteiger partial charge in [-0.3, -0.25) is 14.7 Å². The highest BCUT2D eigenvalue weighted by Crippen LogP contribution is 2.61. The van der Waals surface area contributed by atoms with Crippen LogP contribution in [0.1, 0.15) is 50.6 Å². The van der Waals surface area contributed by atoms with Crippen LogP contribution in [0.3, 0.4) is 0 Å². The van der Waals surface area contributed by atoms with Gasteiger partial charge in [0, 0.05) is 44.5 Å². The molecular formula is C28H32ClF3N4O3. The largest absolute Gasteiger partial charge is 0.493 e. The topological polar surface area (TPSA) is 74.8 Å². The molecule has 11 heteroatoms. The first-order valence-corrected chi connectivity index (χ1v) is 14.1. The summed E-state index contributed by atoms with van der Waals surface area (Å²) in [5.41, 5.74) is 0.886. The average Bonchev–Trinajstić information content (AvgIpc) is 2.86. The molecule has 4 saturated carbocycles. The number of rotatable bonds is 5. The van der Waals surface area contributed by atoms with Crippen LogP contribution in [-0.4, -0.2) is 54.1 Å². The molecule has 0 unspecified atom stereocenters. The minimum atomic E-state index is -5.27. The van der Waals surface area contributed by atoms with Crippen LogP contribution >= 0.6 is 11.6 Å². The number of fused-ring (bicyclic) bond motifs is 1. The van der Waals surface area contributed by atoms with Crippen LogP contribution in [0.2, 0.25) is 5.02 Å². The van der Waals surface area contributed by atoms with Crippen molar-refractivity contribution in [2.45, 2.75) is 57.7 Å². The van der Waals surface area contributed by atoms with Gasteiger partial charge in [-0.05, 0) is 86.0 Å². The molecule has 0 radical (unpaired) electrons. The van der Waals surface area contributed by atoms with Gasteiger partial charge in [0.15, 0.2) is 0 Å². The summed E-state index contributed by atoms with van der Waals surface area (Å²) in [6.45, 7) is 4.15. The molecule has 1 N–H and O–H groups in total. The predicted octanol–water partition coefficient (Wildman–Crippen LogP) is 5.25. The first-order valence-electron chi connectivity index (χ1n) is 13.7. The fourth-order valence-electron chi connectivity index (χ4n) is 7.85. The summed E-state index contributed by atoms with van der Waals surface area (Å²) >= 11 is 6.50. The molecule has 2 aromatic rings. The number of amides is 1. The number of nitrogens with zero attached hydrogens (tertiary/aromatic N) is 3. The number of aromatic nitrogens is 1. The summed E-state index contributed by atoms with van der Waals surface area (Å²) in [6.07, 6.45) is 0.879. The summed E-state index contributed by atoms with van der Waals surface area (Å²) in [7, 11) is 0. The molecule has 1 aromatic carbocycles. The van der Waals surface area contributed by atoms with Gasteiger partial charge in [-0.1, -0.05) is 11.6 Å². The molecule has 39 heavy (non-hydrogen) atoms. The van der Waals surface area contributed by atoms with Gasteiger partial charge in [0.1, 0.15) is 5.69 Å². The Morgan fingerprint density at radius 2 is 1.69 bits per heavy atom. The minimum Gasteiger partial charge on any atom is -0.324 e. The van der Waals surface area contributed by atoms with Gasteiger partial charge in [0.05, 0.1) is 16.2 Å². The first-order chi connectivity index (χ1) is 18.6. The van der Waals surface area contributed by atoms with Crippen LogP contribution in [0.5, 0.6) is 0 Å². The number of pyridine rings is 1. The molecule has 2 heterocycles. The number of hydroxylamine groups is 1. The van der Waals surface area contributed by atoms with Crippen molar-refractivity contribution < 1.29 is 27.6 Å². The molecule has 1 saturated heterocycles. The van der Waals surface area contributed by atoms with Crippen molar-refractivity contribution in [1.29, 1.82) is 0 Å². The summed E-state index contributed by atoms with van der Waals surface area (Å²) in [4.78, 5) is 37.6. The van der Waals surface area contributed by atoms with Crippen molar-refractivity contribution in [1.82, 2.24) is 15.2 Å². The molecule has 1 aliphatic heterocycles. The second-order valence-electron chi connectivity index (χ2n) is 12.0. The van der Waals surface area contributed by atoms with Crippen molar-refractivity contribution in [3.8, 4) is 0 Å². The maximum atomic E-state index is 13.8. The number of alkyl halides is 3. The number of hydrogen-bond acceptors (Lipinski definition) is 6. The van der Waals surface area contributed by atoms with E-state index in [1.165, 1.54) is 6.07 Å². The van der Waals surface area contributed by atoms with Gasteiger partial charge in [-0.15, -0.1) is 5.06 Å². The summed E-state index contributed by atoms with van der Waals surface area (Å²) < 4.78 is 40.0. The molecule has 210 valence electrons. The molecule has 7 nitrogen and oxygen atoms in total. The maximum absolute atomic E-state index is 13.8. The standard InChI is InChI=1S/C28H32ClF3N4O3/c29-22-3-4-23-21(2-1-20(34-23)16-35-7-5-33-6-8-35)25(22)36(39-26(38)28(30,31)32)24(37)15-27-12-17-9-18(13-27)11-19(10-17)14-27/h1-4,17-19,33H,5-16H2. The Bertz CT molecular complexity index is 1250. The van der Waals surface area contributed by atoms with E-state index in [0.29, 0.717) is 40.3 Å². The predicted molar refractivity (Wildman–Crippen MR) is 140 cm³/mol. The lowest BCUT2D eigenvalue weighted by Gasteiger charge is -2.56. The van der Waals surface area contributed by atoms with E-state index >= 15 is 0 Å². The molecule has 4 aliphatic carbocycles. The third kappa shape index (κ3) is 5.47. The lowest BCUT2D eigenvalue weighted by Crippen LogP contribution is -2.49. The Morgan fingerprint density at radius 1 is 1.05 bits per heavy atom. The van der Waals surface area contributed by atoms with Crippen molar-refractivity contribution in [2.75, 3.05) is 31.2 Å². The van der Waals surface area contributed by atoms with E-state index in [1.807, 2.05) is 0 Å². The van der Waals surface area contributed by atoms with Gasteiger partial charge in [0.25, 0.3) is 5.91 Å². The summed E-state index contributed by atoms with van der Waals surface area (Å²) in [6, 6.07) is 6.61. The van der Waals surface area contributed by atoms with E-state index < -0.39 is 18.1 Å². The number of anilines is 1. The average molecular weight is 565 g/mol. The molecule has 7 rings (SSSR count). The fourth-order valence-corrected chi connectivity index (χ4v) is 8.09. The van der Waals surface area contributed by atoms with Crippen molar-refractivity contribution in [3.63, 3.8) is 0 Å². The van der Waals surface area contributed by atoms with Crippen molar-refractivity contribution in [3.05, 3.63) is 35.0 Å². The molecule has 5 fully saturated rings. The molecular weight excluding hydrogens is 533 g/mol. The zero-order chi connectivity index (χ0) is 27.4. The smallest absolute Gasteiger partial charge is 0.324 e. The second kappa shape index (κ2) is 10.2. The van der Waals surface area contributed by atoms with Gasteiger partial charge in [-0.25, -0.2) is 4.79 Å². The maximum Gasteiger partial charge on any atom is 0.493 e. The molecule has 5 aliphatic rings.